The summed E-state index contributed by atoms with van der Waals surface area (Å²) >= 11 is 0. The van der Waals surface area contributed by atoms with Crippen molar-refractivity contribution in [1.82, 2.24) is 0 Å². The van der Waals surface area contributed by atoms with Gasteiger partial charge < -0.3 is 10.2 Å². The van der Waals surface area contributed by atoms with Crippen LogP contribution in [0.4, 0.5) is 0 Å². The summed E-state index contributed by atoms with van der Waals surface area (Å²) in [5.74, 6) is -0.678. The fraction of sp³-hybridized carbons (Fsp3) is 0.611. The van der Waals surface area contributed by atoms with Crippen molar-refractivity contribution in [3.8, 4) is 0 Å². The van der Waals surface area contributed by atoms with Gasteiger partial charge in [0, 0.05) is 0 Å². The molecule has 0 aromatic heterocycles. The number of hydrogen-bond acceptors (Lipinski definition) is 2. The summed E-state index contributed by atoms with van der Waals surface area (Å²) in [5, 5.41) is 19.6. The highest BCUT2D eigenvalue weighted by Gasteiger charge is 2.41. The van der Waals surface area contributed by atoms with Gasteiger partial charge in [-0.3, -0.25) is 4.79 Å². The zero-order valence-electron chi connectivity index (χ0n) is 12.5. The number of carboxylic acid groups (broad SMARTS) is 1. The number of carbonyl (C=O) groups is 1. The average molecular weight is 288 g/mol. The van der Waals surface area contributed by atoms with E-state index < -0.39 is 17.0 Å². The van der Waals surface area contributed by atoms with Crippen LogP contribution in [0.5, 0.6) is 0 Å². The van der Waals surface area contributed by atoms with Crippen LogP contribution < -0.4 is 0 Å². The largest absolute Gasteiger partial charge is 0.481 e. The van der Waals surface area contributed by atoms with Crippen molar-refractivity contribution in [2.24, 2.45) is 0 Å². The molecule has 2 N–H and O–H groups in total. The topological polar surface area (TPSA) is 57.5 Å². The van der Waals surface area contributed by atoms with Crippen LogP contribution >= 0.6 is 0 Å². The minimum Gasteiger partial charge on any atom is -0.481 e. The standard InChI is InChI=1S/C18H24O3/c19-16(20)18(9-2-1-3-10-18)15-6-4-14(5-7-15)8-11-17(21)12-13-17/h4-7,21H,1-3,8-13H2,(H,19,20). The molecule has 1 aromatic rings. The van der Waals surface area contributed by atoms with E-state index in [1.54, 1.807) is 0 Å². The zero-order valence-corrected chi connectivity index (χ0v) is 12.5. The average Bonchev–Trinajstić information content (AvgIpc) is 3.24. The molecule has 0 atom stereocenters. The van der Waals surface area contributed by atoms with Crippen molar-refractivity contribution >= 4 is 5.97 Å². The van der Waals surface area contributed by atoms with E-state index in [0.29, 0.717) is 0 Å². The van der Waals surface area contributed by atoms with Gasteiger partial charge in [-0.25, -0.2) is 0 Å². The lowest BCUT2D eigenvalue weighted by Crippen LogP contribution is -2.37. The summed E-state index contributed by atoms with van der Waals surface area (Å²) in [5.41, 5.74) is 1.05. The quantitative estimate of drug-likeness (QED) is 0.872. The fourth-order valence-electron chi connectivity index (χ4n) is 3.54. The zero-order chi connectivity index (χ0) is 14.9. The first-order valence-electron chi connectivity index (χ1n) is 8.09. The van der Waals surface area contributed by atoms with E-state index in [1.165, 1.54) is 5.56 Å². The van der Waals surface area contributed by atoms with Crippen molar-refractivity contribution in [1.29, 1.82) is 0 Å². The van der Waals surface area contributed by atoms with Crippen LogP contribution in [0.3, 0.4) is 0 Å². The molecule has 0 heterocycles. The highest BCUT2D eigenvalue weighted by molar-refractivity contribution is 5.81. The maximum Gasteiger partial charge on any atom is 0.314 e. The van der Waals surface area contributed by atoms with Gasteiger partial charge in [0.25, 0.3) is 0 Å². The molecular formula is C18H24O3. The van der Waals surface area contributed by atoms with E-state index >= 15 is 0 Å². The van der Waals surface area contributed by atoms with E-state index in [4.69, 9.17) is 0 Å². The Labute approximate surface area is 126 Å². The number of hydrogen-bond donors (Lipinski definition) is 2. The number of rotatable bonds is 5. The Hall–Kier alpha value is -1.35. The van der Waals surface area contributed by atoms with Crippen LogP contribution in [0.2, 0.25) is 0 Å². The molecule has 2 aliphatic carbocycles. The van der Waals surface area contributed by atoms with E-state index in [2.05, 4.69) is 0 Å². The van der Waals surface area contributed by atoms with Crippen molar-refractivity contribution in [3.63, 3.8) is 0 Å². The Morgan fingerprint density at radius 3 is 2.14 bits per heavy atom. The second-order valence-electron chi connectivity index (χ2n) is 6.87. The van der Waals surface area contributed by atoms with Gasteiger partial charge in [-0.1, -0.05) is 43.5 Å². The lowest BCUT2D eigenvalue weighted by Gasteiger charge is -2.33. The normalized spacial score (nSPS) is 22.7. The number of aryl methyl sites for hydroxylation is 1. The van der Waals surface area contributed by atoms with Crippen LogP contribution in [0.1, 0.15) is 62.5 Å². The van der Waals surface area contributed by atoms with Gasteiger partial charge in [0.15, 0.2) is 0 Å². The molecule has 0 aliphatic heterocycles. The second-order valence-corrected chi connectivity index (χ2v) is 6.87. The number of benzene rings is 1. The van der Waals surface area contributed by atoms with Gasteiger partial charge in [-0.15, -0.1) is 0 Å². The molecule has 0 amide bonds. The Balaban J connectivity index is 1.73. The summed E-state index contributed by atoms with van der Waals surface area (Å²) in [6, 6.07) is 8.07. The number of aliphatic carboxylic acids is 1. The Morgan fingerprint density at radius 1 is 1.00 bits per heavy atom. The van der Waals surface area contributed by atoms with Crippen LogP contribution in [-0.4, -0.2) is 21.8 Å². The van der Waals surface area contributed by atoms with E-state index in [1.807, 2.05) is 24.3 Å². The molecule has 2 fully saturated rings. The maximum absolute atomic E-state index is 11.8. The molecular weight excluding hydrogens is 264 g/mol. The number of aliphatic hydroxyl groups is 1. The van der Waals surface area contributed by atoms with Crippen molar-refractivity contribution in [2.75, 3.05) is 0 Å². The molecule has 114 valence electrons. The van der Waals surface area contributed by atoms with Crippen LogP contribution in [-0.2, 0) is 16.6 Å². The Bertz CT molecular complexity index is 508. The lowest BCUT2D eigenvalue weighted by molar-refractivity contribution is -0.145. The minimum atomic E-state index is -0.678. The van der Waals surface area contributed by atoms with Gasteiger partial charge >= 0.3 is 5.97 Å². The van der Waals surface area contributed by atoms with Gasteiger partial charge in [0.2, 0.25) is 0 Å². The molecule has 0 radical (unpaired) electrons. The SMILES string of the molecule is O=C(O)C1(c2ccc(CCC3(O)CC3)cc2)CCCCC1. The first kappa shape index (κ1) is 14.6. The van der Waals surface area contributed by atoms with Crippen LogP contribution in [0, 0.1) is 0 Å². The van der Waals surface area contributed by atoms with Gasteiger partial charge in [0.1, 0.15) is 0 Å². The van der Waals surface area contributed by atoms with Crippen LogP contribution in [0.15, 0.2) is 24.3 Å². The lowest BCUT2D eigenvalue weighted by atomic mass is 9.69. The molecule has 2 aliphatic rings. The molecule has 3 rings (SSSR count). The predicted molar refractivity (Wildman–Crippen MR) is 81.3 cm³/mol. The fourth-order valence-corrected chi connectivity index (χ4v) is 3.54. The Morgan fingerprint density at radius 2 is 1.62 bits per heavy atom. The highest BCUT2D eigenvalue weighted by Crippen LogP contribution is 2.41. The summed E-state index contributed by atoms with van der Waals surface area (Å²) in [7, 11) is 0. The van der Waals surface area contributed by atoms with Gasteiger partial charge in [0.05, 0.1) is 11.0 Å². The van der Waals surface area contributed by atoms with Gasteiger partial charge in [-0.2, -0.15) is 0 Å². The molecule has 0 bridgehead atoms. The molecule has 3 nitrogen and oxygen atoms in total. The Kier molecular flexibility index (Phi) is 3.78. The second kappa shape index (κ2) is 5.45. The summed E-state index contributed by atoms with van der Waals surface area (Å²) in [6.07, 6.45) is 8.18. The van der Waals surface area contributed by atoms with Gasteiger partial charge in [-0.05, 0) is 49.7 Å². The number of carboxylic acids is 1. The first-order chi connectivity index (χ1) is 10.0. The highest BCUT2D eigenvalue weighted by atomic mass is 16.4. The first-order valence-corrected chi connectivity index (χ1v) is 8.09. The molecule has 0 saturated heterocycles. The third kappa shape index (κ3) is 2.98. The van der Waals surface area contributed by atoms with Crippen molar-refractivity contribution in [3.05, 3.63) is 35.4 Å². The summed E-state index contributed by atoms with van der Waals surface area (Å²) in [6.45, 7) is 0. The van der Waals surface area contributed by atoms with E-state index in [-0.39, 0.29) is 0 Å². The third-order valence-corrected chi connectivity index (χ3v) is 5.33. The molecule has 0 unspecified atom stereocenters. The summed E-state index contributed by atoms with van der Waals surface area (Å²) < 4.78 is 0. The summed E-state index contributed by atoms with van der Waals surface area (Å²) in [4.78, 5) is 11.8. The van der Waals surface area contributed by atoms with Crippen LogP contribution in [0.25, 0.3) is 0 Å². The van der Waals surface area contributed by atoms with Crippen molar-refractivity contribution in [2.45, 2.75) is 68.8 Å². The molecule has 2 saturated carbocycles. The maximum atomic E-state index is 11.8. The predicted octanol–water partition coefficient (Wildman–Crippen LogP) is 3.43. The molecule has 3 heteroatoms. The molecule has 21 heavy (non-hydrogen) atoms. The molecule has 0 spiro atoms. The van der Waals surface area contributed by atoms with E-state index in [9.17, 15) is 15.0 Å². The van der Waals surface area contributed by atoms with E-state index in [0.717, 1.165) is 63.4 Å². The van der Waals surface area contributed by atoms with Crippen molar-refractivity contribution < 1.29 is 15.0 Å². The smallest absolute Gasteiger partial charge is 0.314 e. The monoisotopic (exact) mass is 288 g/mol. The minimum absolute atomic E-state index is 0.412. The molecule has 1 aromatic carbocycles. The third-order valence-electron chi connectivity index (χ3n) is 5.33.